The minimum Gasteiger partial charge on any atom is -0.464 e. The number of hydrogen-bond donors (Lipinski definition) is 1. The standard InChI is InChI=1S/C17H20N4O4/c1-2-25-17(24)14(19-15(22)11-6-4-3-5-7-11)12-8-9-13(10-12)16(23)20-21-18/h3-7,12-14H,2,8-10H2,1H3,(H,19,22)/t12-,13+,14+/m0/s1. The van der Waals surface area contributed by atoms with E-state index < -0.39 is 23.8 Å². The summed E-state index contributed by atoms with van der Waals surface area (Å²) in [6.45, 7) is 1.89. The van der Waals surface area contributed by atoms with E-state index in [2.05, 4.69) is 15.3 Å². The van der Waals surface area contributed by atoms with Gasteiger partial charge in [0.15, 0.2) is 0 Å². The first-order valence-electron chi connectivity index (χ1n) is 8.18. The summed E-state index contributed by atoms with van der Waals surface area (Å²) < 4.78 is 5.08. The van der Waals surface area contributed by atoms with E-state index in [1.165, 1.54) is 0 Å². The zero-order chi connectivity index (χ0) is 18.2. The summed E-state index contributed by atoms with van der Waals surface area (Å²) in [6, 6.07) is 7.73. The molecule has 0 bridgehead atoms. The van der Waals surface area contributed by atoms with Crippen LogP contribution in [0.25, 0.3) is 10.4 Å². The average molecular weight is 344 g/mol. The van der Waals surface area contributed by atoms with Crippen LogP contribution in [-0.4, -0.2) is 30.4 Å². The molecule has 0 aliphatic heterocycles. The van der Waals surface area contributed by atoms with Crippen LogP contribution in [0.3, 0.4) is 0 Å². The summed E-state index contributed by atoms with van der Waals surface area (Å²) in [5.41, 5.74) is 8.82. The largest absolute Gasteiger partial charge is 0.464 e. The van der Waals surface area contributed by atoms with Crippen molar-refractivity contribution in [3.63, 3.8) is 0 Å². The molecule has 0 aromatic heterocycles. The van der Waals surface area contributed by atoms with Crippen molar-refractivity contribution >= 4 is 17.8 Å². The van der Waals surface area contributed by atoms with Crippen molar-refractivity contribution < 1.29 is 19.1 Å². The van der Waals surface area contributed by atoms with E-state index in [0.29, 0.717) is 24.8 Å². The number of amides is 2. The smallest absolute Gasteiger partial charge is 0.328 e. The summed E-state index contributed by atoms with van der Waals surface area (Å²) in [7, 11) is 0. The molecule has 8 heteroatoms. The van der Waals surface area contributed by atoms with Gasteiger partial charge in [-0.05, 0) is 54.9 Å². The molecule has 1 aliphatic carbocycles. The first-order valence-corrected chi connectivity index (χ1v) is 8.18. The Bertz CT molecular complexity index is 685. The highest BCUT2D eigenvalue weighted by Crippen LogP contribution is 2.34. The number of ether oxygens (including phenoxy) is 1. The molecule has 1 aromatic rings. The summed E-state index contributed by atoms with van der Waals surface area (Å²) >= 11 is 0. The number of benzene rings is 1. The SMILES string of the molecule is CCOC(=O)[C@H](NC(=O)c1ccccc1)[C@H]1CC[C@@H](C(=O)N=[N+]=[N-])C1. The van der Waals surface area contributed by atoms with Crippen LogP contribution in [0.15, 0.2) is 35.4 Å². The van der Waals surface area contributed by atoms with Gasteiger partial charge in [-0.25, -0.2) is 4.79 Å². The van der Waals surface area contributed by atoms with Gasteiger partial charge in [0.2, 0.25) is 5.91 Å². The van der Waals surface area contributed by atoms with Crippen molar-refractivity contribution in [2.75, 3.05) is 6.61 Å². The van der Waals surface area contributed by atoms with Crippen molar-refractivity contribution in [2.45, 2.75) is 32.2 Å². The predicted molar refractivity (Wildman–Crippen MR) is 89.3 cm³/mol. The van der Waals surface area contributed by atoms with Gasteiger partial charge >= 0.3 is 5.97 Å². The van der Waals surface area contributed by atoms with Crippen molar-refractivity contribution in [2.24, 2.45) is 17.0 Å². The Morgan fingerprint density at radius 1 is 1.32 bits per heavy atom. The molecule has 132 valence electrons. The number of carbonyl (C=O) groups excluding carboxylic acids is 3. The summed E-state index contributed by atoms with van der Waals surface area (Å²) in [5, 5.41) is 5.85. The maximum absolute atomic E-state index is 12.4. The van der Waals surface area contributed by atoms with Crippen LogP contribution in [0.4, 0.5) is 0 Å². The topological polar surface area (TPSA) is 121 Å². The number of hydrogen-bond acceptors (Lipinski definition) is 4. The molecule has 8 nitrogen and oxygen atoms in total. The van der Waals surface area contributed by atoms with Crippen LogP contribution in [0.5, 0.6) is 0 Å². The molecule has 0 heterocycles. The van der Waals surface area contributed by atoms with Gasteiger partial charge in [-0.3, -0.25) is 9.59 Å². The Morgan fingerprint density at radius 2 is 2.04 bits per heavy atom. The monoisotopic (exact) mass is 344 g/mol. The molecule has 0 saturated heterocycles. The molecule has 1 aliphatic rings. The molecule has 0 unspecified atom stereocenters. The van der Waals surface area contributed by atoms with Gasteiger partial charge < -0.3 is 10.1 Å². The minimum atomic E-state index is -0.837. The van der Waals surface area contributed by atoms with Crippen molar-refractivity contribution in [1.82, 2.24) is 5.32 Å². The number of nitrogens with zero attached hydrogens (tertiary/aromatic N) is 3. The van der Waals surface area contributed by atoms with Gasteiger partial charge in [-0.1, -0.05) is 18.2 Å². The van der Waals surface area contributed by atoms with E-state index in [9.17, 15) is 14.4 Å². The minimum absolute atomic E-state index is 0.199. The predicted octanol–water partition coefficient (Wildman–Crippen LogP) is 2.60. The van der Waals surface area contributed by atoms with E-state index in [1.54, 1.807) is 37.3 Å². The van der Waals surface area contributed by atoms with E-state index >= 15 is 0 Å². The van der Waals surface area contributed by atoms with Gasteiger partial charge in [-0.2, -0.15) is 0 Å². The third-order valence-electron chi connectivity index (χ3n) is 4.30. The third-order valence-corrected chi connectivity index (χ3v) is 4.30. The second kappa shape index (κ2) is 8.84. The highest BCUT2D eigenvalue weighted by atomic mass is 16.5. The van der Waals surface area contributed by atoms with E-state index in [4.69, 9.17) is 10.3 Å². The van der Waals surface area contributed by atoms with Gasteiger partial charge in [-0.15, -0.1) is 0 Å². The molecular formula is C17H20N4O4. The highest BCUT2D eigenvalue weighted by Gasteiger charge is 2.38. The third kappa shape index (κ3) is 4.81. The molecule has 0 radical (unpaired) electrons. The second-order valence-electron chi connectivity index (χ2n) is 5.87. The van der Waals surface area contributed by atoms with Crippen molar-refractivity contribution in [3.05, 3.63) is 46.3 Å². The van der Waals surface area contributed by atoms with Crippen LogP contribution >= 0.6 is 0 Å². The number of esters is 1. The Kier molecular flexibility index (Phi) is 6.54. The fourth-order valence-corrected chi connectivity index (χ4v) is 3.08. The zero-order valence-electron chi connectivity index (χ0n) is 13.9. The maximum atomic E-state index is 12.4. The quantitative estimate of drug-likeness (QED) is 0.369. The zero-order valence-corrected chi connectivity index (χ0v) is 13.9. The molecule has 3 atom stereocenters. The Morgan fingerprint density at radius 3 is 2.68 bits per heavy atom. The average Bonchev–Trinajstić information content (AvgIpc) is 3.10. The first-order chi connectivity index (χ1) is 12.1. The lowest BCUT2D eigenvalue weighted by Gasteiger charge is -2.23. The van der Waals surface area contributed by atoms with Crippen LogP contribution in [0.1, 0.15) is 36.5 Å². The van der Waals surface area contributed by atoms with Gasteiger partial charge in [0.25, 0.3) is 5.91 Å². The molecule has 2 amide bonds. The molecule has 1 fully saturated rings. The van der Waals surface area contributed by atoms with Gasteiger partial charge in [0.05, 0.1) is 6.61 Å². The summed E-state index contributed by atoms with van der Waals surface area (Å²) in [6.07, 6.45) is 1.45. The fraction of sp³-hybridized carbons (Fsp3) is 0.471. The summed E-state index contributed by atoms with van der Waals surface area (Å²) in [4.78, 5) is 38.9. The van der Waals surface area contributed by atoms with E-state index in [0.717, 1.165) is 0 Å². The lowest BCUT2D eigenvalue weighted by molar-refractivity contribution is -0.147. The van der Waals surface area contributed by atoms with Crippen LogP contribution in [-0.2, 0) is 14.3 Å². The lowest BCUT2D eigenvalue weighted by atomic mass is 9.96. The lowest BCUT2D eigenvalue weighted by Crippen LogP contribution is -2.46. The summed E-state index contributed by atoms with van der Waals surface area (Å²) in [5.74, 6) is -2.08. The van der Waals surface area contributed by atoms with Gasteiger partial charge in [0, 0.05) is 16.4 Å². The fourth-order valence-electron chi connectivity index (χ4n) is 3.08. The molecule has 1 N–H and O–H groups in total. The number of nitrogens with one attached hydrogen (secondary N) is 1. The second-order valence-corrected chi connectivity index (χ2v) is 5.87. The Hall–Kier alpha value is -2.86. The first kappa shape index (κ1) is 18.5. The molecule has 2 rings (SSSR count). The van der Waals surface area contributed by atoms with Gasteiger partial charge in [0.1, 0.15) is 6.04 Å². The van der Waals surface area contributed by atoms with Crippen LogP contribution in [0.2, 0.25) is 0 Å². The molecule has 1 saturated carbocycles. The number of carbonyl (C=O) groups is 3. The van der Waals surface area contributed by atoms with Crippen LogP contribution in [0, 0.1) is 11.8 Å². The van der Waals surface area contributed by atoms with E-state index in [1.807, 2.05) is 0 Å². The highest BCUT2D eigenvalue weighted by molar-refractivity contribution is 5.96. The van der Waals surface area contributed by atoms with Crippen LogP contribution < -0.4 is 5.32 Å². The molecule has 1 aromatic carbocycles. The molecule has 0 spiro atoms. The van der Waals surface area contributed by atoms with Crippen molar-refractivity contribution in [1.29, 1.82) is 0 Å². The Balaban J connectivity index is 2.11. The number of azide groups is 1. The maximum Gasteiger partial charge on any atom is 0.328 e. The van der Waals surface area contributed by atoms with E-state index in [-0.39, 0.29) is 18.4 Å². The molecular weight excluding hydrogens is 324 g/mol. The van der Waals surface area contributed by atoms with Crippen molar-refractivity contribution in [3.8, 4) is 0 Å². The Labute approximate surface area is 145 Å². The number of rotatable bonds is 6. The molecule has 25 heavy (non-hydrogen) atoms. The normalized spacial score (nSPS) is 20.2.